The molecule has 0 amide bonds. The third-order valence-electron chi connectivity index (χ3n) is 3.24. The third kappa shape index (κ3) is 4.59. The van der Waals surface area contributed by atoms with Crippen molar-refractivity contribution in [2.75, 3.05) is 31.7 Å². The summed E-state index contributed by atoms with van der Waals surface area (Å²) < 4.78 is 11.0. The molecule has 1 heterocycles. The molecule has 1 saturated heterocycles. The summed E-state index contributed by atoms with van der Waals surface area (Å²) in [4.78, 5) is 0. The van der Waals surface area contributed by atoms with Crippen LogP contribution in [0.4, 0.5) is 5.69 Å². The highest BCUT2D eigenvalue weighted by molar-refractivity contribution is 6.32. The Balaban J connectivity index is 1.84. The smallest absolute Gasteiger partial charge is 0.138 e. The zero-order chi connectivity index (χ0) is 13.5. The van der Waals surface area contributed by atoms with Crippen molar-refractivity contribution in [2.45, 2.75) is 26.2 Å². The number of nitrogens with one attached hydrogen (secondary N) is 1. The van der Waals surface area contributed by atoms with Crippen molar-refractivity contribution >= 4 is 17.3 Å². The molecule has 1 aromatic carbocycles. The molecule has 1 aromatic rings. The second kappa shape index (κ2) is 7.61. The lowest BCUT2D eigenvalue weighted by Gasteiger charge is -2.22. The molecule has 0 aliphatic carbocycles. The Labute approximate surface area is 120 Å². The zero-order valence-corrected chi connectivity index (χ0v) is 12.2. The maximum Gasteiger partial charge on any atom is 0.138 e. The van der Waals surface area contributed by atoms with Gasteiger partial charge in [0, 0.05) is 18.8 Å². The van der Waals surface area contributed by atoms with Gasteiger partial charge in [0.2, 0.25) is 0 Å². The van der Waals surface area contributed by atoms with E-state index in [4.69, 9.17) is 21.1 Å². The number of hydrogen-bond acceptors (Lipinski definition) is 3. The first-order valence-electron chi connectivity index (χ1n) is 7.03. The van der Waals surface area contributed by atoms with Crippen molar-refractivity contribution in [1.29, 1.82) is 0 Å². The van der Waals surface area contributed by atoms with E-state index in [1.165, 1.54) is 6.42 Å². The maximum absolute atomic E-state index is 6.20. The van der Waals surface area contributed by atoms with Crippen LogP contribution in [0.15, 0.2) is 18.2 Å². The van der Waals surface area contributed by atoms with Crippen LogP contribution < -0.4 is 10.1 Å². The third-order valence-corrected chi connectivity index (χ3v) is 3.54. The Hall–Kier alpha value is -0.930. The van der Waals surface area contributed by atoms with Crippen LogP contribution in [0.3, 0.4) is 0 Å². The normalized spacial score (nSPS) is 19.2. The van der Waals surface area contributed by atoms with Gasteiger partial charge in [0.15, 0.2) is 0 Å². The molecule has 4 heteroatoms. The lowest BCUT2D eigenvalue weighted by molar-refractivity contribution is 0.0595. The van der Waals surface area contributed by atoms with Crippen molar-refractivity contribution < 1.29 is 9.47 Å². The van der Waals surface area contributed by atoms with Crippen molar-refractivity contribution in [3.8, 4) is 5.75 Å². The number of hydrogen-bond donors (Lipinski definition) is 1. The summed E-state index contributed by atoms with van der Waals surface area (Å²) in [7, 11) is 0. The second-order valence-electron chi connectivity index (χ2n) is 4.96. The zero-order valence-electron chi connectivity index (χ0n) is 11.5. The molecule has 19 heavy (non-hydrogen) atoms. The van der Waals surface area contributed by atoms with Gasteiger partial charge >= 0.3 is 0 Å². The van der Waals surface area contributed by atoms with Crippen molar-refractivity contribution in [1.82, 2.24) is 0 Å². The SMILES string of the molecule is CCCOc1ccc(NCC2CCCOC2)cc1Cl. The predicted molar refractivity (Wildman–Crippen MR) is 79.3 cm³/mol. The maximum atomic E-state index is 6.20. The van der Waals surface area contributed by atoms with Crippen LogP contribution in [-0.2, 0) is 4.74 Å². The van der Waals surface area contributed by atoms with Gasteiger partial charge < -0.3 is 14.8 Å². The van der Waals surface area contributed by atoms with Crippen LogP contribution in [0.2, 0.25) is 5.02 Å². The first-order chi connectivity index (χ1) is 9.29. The minimum Gasteiger partial charge on any atom is -0.492 e. The van der Waals surface area contributed by atoms with Gasteiger partial charge in [0.25, 0.3) is 0 Å². The molecule has 1 aliphatic rings. The first-order valence-corrected chi connectivity index (χ1v) is 7.41. The Kier molecular flexibility index (Phi) is 5.80. The molecule has 1 unspecified atom stereocenters. The highest BCUT2D eigenvalue weighted by Crippen LogP contribution is 2.28. The first kappa shape index (κ1) is 14.5. The van der Waals surface area contributed by atoms with Gasteiger partial charge in [-0.25, -0.2) is 0 Å². The van der Waals surface area contributed by atoms with E-state index in [0.29, 0.717) is 17.5 Å². The molecular formula is C15H22ClNO2. The molecule has 0 radical (unpaired) electrons. The second-order valence-corrected chi connectivity index (χ2v) is 5.36. The molecule has 1 fully saturated rings. The fourth-order valence-corrected chi connectivity index (χ4v) is 2.41. The van der Waals surface area contributed by atoms with Crippen molar-refractivity contribution in [3.05, 3.63) is 23.2 Å². The van der Waals surface area contributed by atoms with Gasteiger partial charge in [-0.3, -0.25) is 0 Å². The van der Waals surface area contributed by atoms with Gasteiger partial charge in [0.05, 0.1) is 18.2 Å². The molecule has 1 N–H and O–H groups in total. The number of halogens is 1. The highest BCUT2D eigenvalue weighted by atomic mass is 35.5. The average Bonchev–Trinajstić information content (AvgIpc) is 2.45. The van der Waals surface area contributed by atoms with E-state index in [0.717, 1.165) is 44.0 Å². The molecule has 3 nitrogen and oxygen atoms in total. The molecular weight excluding hydrogens is 262 g/mol. The Morgan fingerprint density at radius 1 is 1.47 bits per heavy atom. The van der Waals surface area contributed by atoms with Gasteiger partial charge in [-0.2, -0.15) is 0 Å². The Morgan fingerprint density at radius 2 is 2.37 bits per heavy atom. The van der Waals surface area contributed by atoms with Crippen LogP contribution in [0.5, 0.6) is 5.75 Å². The van der Waals surface area contributed by atoms with Crippen LogP contribution in [0, 0.1) is 5.92 Å². The molecule has 0 spiro atoms. The minimum absolute atomic E-state index is 0.601. The lowest BCUT2D eigenvalue weighted by Crippen LogP contribution is -2.24. The summed E-state index contributed by atoms with van der Waals surface area (Å²) >= 11 is 6.20. The molecule has 0 aromatic heterocycles. The van der Waals surface area contributed by atoms with Crippen molar-refractivity contribution in [3.63, 3.8) is 0 Å². The summed E-state index contributed by atoms with van der Waals surface area (Å²) in [6.45, 7) is 5.48. The topological polar surface area (TPSA) is 30.5 Å². The van der Waals surface area contributed by atoms with Crippen LogP contribution in [0.1, 0.15) is 26.2 Å². The van der Waals surface area contributed by atoms with Crippen LogP contribution in [-0.4, -0.2) is 26.4 Å². The fraction of sp³-hybridized carbons (Fsp3) is 0.600. The monoisotopic (exact) mass is 283 g/mol. The fourth-order valence-electron chi connectivity index (χ4n) is 2.17. The molecule has 0 bridgehead atoms. The van der Waals surface area contributed by atoms with E-state index in [-0.39, 0.29) is 0 Å². The number of ether oxygens (including phenoxy) is 2. The lowest BCUT2D eigenvalue weighted by atomic mass is 10.0. The van der Waals surface area contributed by atoms with E-state index in [1.807, 2.05) is 18.2 Å². The van der Waals surface area contributed by atoms with E-state index in [1.54, 1.807) is 0 Å². The standard InChI is InChI=1S/C15H22ClNO2/c1-2-7-19-15-6-5-13(9-14(15)16)17-10-12-4-3-8-18-11-12/h5-6,9,12,17H,2-4,7-8,10-11H2,1H3. The molecule has 1 atom stereocenters. The van der Waals surface area contributed by atoms with E-state index >= 15 is 0 Å². The van der Waals surface area contributed by atoms with Gasteiger partial charge in [0.1, 0.15) is 5.75 Å². The van der Waals surface area contributed by atoms with Crippen LogP contribution >= 0.6 is 11.6 Å². The Morgan fingerprint density at radius 3 is 3.05 bits per heavy atom. The summed E-state index contributed by atoms with van der Waals surface area (Å²) in [5.74, 6) is 1.36. The van der Waals surface area contributed by atoms with E-state index in [9.17, 15) is 0 Å². The molecule has 1 aliphatic heterocycles. The Bertz CT molecular complexity index is 392. The number of rotatable bonds is 6. The largest absolute Gasteiger partial charge is 0.492 e. The number of anilines is 1. The van der Waals surface area contributed by atoms with Gasteiger partial charge in [-0.15, -0.1) is 0 Å². The quantitative estimate of drug-likeness (QED) is 0.857. The van der Waals surface area contributed by atoms with Gasteiger partial charge in [-0.05, 0) is 43.4 Å². The van der Waals surface area contributed by atoms with Gasteiger partial charge in [-0.1, -0.05) is 18.5 Å². The molecule has 0 saturated carbocycles. The van der Waals surface area contributed by atoms with E-state index < -0.39 is 0 Å². The summed E-state index contributed by atoms with van der Waals surface area (Å²) in [6, 6.07) is 5.87. The molecule has 2 rings (SSSR count). The minimum atomic E-state index is 0.601. The number of benzene rings is 1. The average molecular weight is 284 g/mol. The summed E-state index contributed by atoms with van der Waals surface area (Å²) in [6.07, 6.45) is 3.38. The van der Waals surface area contributed by atoms with Crippen LogP contribution in [0.25, 0.3) is 0 Å². The highest BCUT2D eigenvalue weighted by Gasteiger charge is 2.13. The predicted octanol–water partition coefficient (Wildman–Crippen LogP) is 3.97. The summed E-state index contributed by atoms with van der Waals surface area (Å²) in [5, 5.41) is 4.08. The van der Waals surface area contributed by atoms with Crippen molar-refractivity contribution in [2.24, 2.45) is 5.92 Å². The van der Waals surface area contributed by atoms with E-state index in [2.05, 4.69) is 12.2 Å². The molecule has 106 valence electrons. The summed E-state index contributed by atoms with van der Waals surface area (Å²) in [5.41, 5.74) is 1.04.